The Morgan fingerprint density at radius 2 is 2.35 bits per heavy atom. The van der Waals surface area contributed by atoms with Gasteiger partial charge in [-0.2, -0.15) is 4.31 Å². The molecule has 2 fully saturated rings. The summed E-state index contributed by atoms with van der Waals surface area (Å²) >= 11 is 0. The molecule has 6 nitrogen and oxygen atoms in total. The molecule has 2 aliphatic rings. The molecule has 1 saturated carbocycles. The van der Waals surface area contributed by atoms with E-state index in [1.54, 1.807) is 10.5 Å². The van der Waals surface area contributed by atoms with Gasteiger partial charge < -0.3 is 9.47 Å². The monoisotopic (exact) mass is 340 g/mol. The van der Waals surface area contributed by atoms with Crippen LogP contribution in [-0.4, -0.2) is 55.9 Å². The van der Waals surface area contributed by atoms with E-state index >= 15 is 0 Å². The van der Waals surface area contributed by atoms with E-state index in [0.29, 0.717) is 32.9 Å². The maximum Gasteiger partial charge on any atom is 0.211 e. The molecular weight excluding hydrogens is 316 g/mol. The molecule has 0 bridgehead atoms. The topological polar surface area (TPSA) is 68.7 Å². The second-order valence-electron chi connectivity index (χ2n) is 6.44. The lowest BCUT2D eigenvalue weighted by atomic mass is 9.90. The predicted molar refractivity (Wildman–Crippen MR) is 86.3 cm³/mol. The lowest BCUT2D eigenvalue weighted by molar-refractivity contribution is -0.127. The molecule has 2 heterocycles. The van der Waals surface area contributed by atoms with E-state index in [2.05, 4.69) is 4.98 Å². The van der Waals surface area contributed by atoms with Gasteiger partial charge in [-0.3, -0.25) is 4.98 Å². The summed E-state index contributed by atoms with van der Waals surface area (Å²) in [6.45, 7) is 2.41. The first kappa shape index (κ1) is 16.8. The third-order valence-electron chi connectivity index (χ3n) is 4.83. The molecule has 2 atom stereocenters. The minimum atomic E-state index is -3.17. The second kappa shape index (κ2) is 6.84. The maximum atomic E-state index is 11.9. The largest absolute Gasteiger partial charge is 0.375 e. The minimum absolute atomic E-state index is 0.232. The number of pyridine rings is 1. The third kappa shape index (κ3) is 3.91. The van der Waals surface area contributed by atoms with Crippen LogP contribution in [0.5, 0.6) is 0 Å². The van der Waals surface area contributed by atoms with Crippen molar-refractivity contribution in [1.29, 1.82) is 0 Å². The molecule has 1 aromatic rings. The molecule has 128 valence electrons. The Kier molecular flexibility index (Phi) is 5.01. The normalized spacial score (nSPS) is 29.2. The zero-order valence-corrected chi connectivity index (χ0v) is 14.3. The van der Waals surface area contributed by atoms with Gasteiger partial charge >= 0.3 is 0 Å². The Morgan fingerprint density at radius 1 is 1.48 bits per heavy atom. The Balaban J connectivity index is 1.60. The van der Waals surface area contributed by atoms with Crippen LogP contribution in [0.25, 0.3) is 0 Å². The van der Waals surface area contributed by atoms with Gasteiger partial charge in [0.25, 0.3) is 0 Å². The first-order chi connectivity index (χ1) is 11.0. The summed E-state index contributed by atoms with van der Waals surface area (Å²) < 4.78 is 37.2. The smallest absolute Gasteiger partial charge is 0.211 e. The van der Waals surface area contributed by atoms with Crippen molar-refractivity contribution < 1.29 is 17.9 Å². The molecule has 1 spiro atoms. The average Bonchev–Trinajstić information content (AvgIpc) is 2.90. The van der Waals surface area contributed by atoms with Crippen molar-refractivity contribution in [3.05, 3.63) is 30.1 Å². The van der Waals surface area contributed by atoms with Crippen LogP contribution >= 0.6 is 0 Å². The molecule has 1 saturated heterocycles. The average molecular weight is 340 g/mol. The van der Waals surface area contributed by atoms with Crippen molar-refractivity contribution in [2.75, 3.05) is 32.6 Å². The molecule has 1 aromatic heterocycles. The first-order valence-electron chi connectivity index (χ1n) is 8.06. The van der Waals surface area contributed by atoms with Crippen molar-refractivity contribution >= 4 is 10.0 Å². The fourth-order valence-electron chi connectivity index (χ4n) is 3.59. The number of hydrogen-bond acceptors (Lipinski definition) is 5. The van der Waals surface area contributed by atoms with Gasteiger partial charge in [-0.1, -0.05) is 12.5 Å². The molecule has 0 amide bonds. The highest BCUT2D eigenvalue weighted by Gasteiger charge is 2.48. The Labute approximate surface area is 137 Å². The van der Waals surface area contributed by atoms with Gasteiger partial charge in [-0.05, 0) is 25.0 Å². The van der Waals surface area contributed by atoms with Gasteiger partial charge in [0.1, 0.15) is 0 Å². The standard InChI is InChI=1S/C16H24N2O4S/c1-23(19,20)18-9-10-22-16(13-18)7-4-5-14(16)11-21-12-15-6-2-3-8-17-15/h2-3,6,8,14H,4-5,7,9-13H2,1H3/t14-,16-/m1/s1. The SMILES string of the molecule is CS(=O)(=O)N1CCO[C@]2(CCC[C@@H]2COCc2ccccn2)C1. The summed E-state index contributed by atoms with van der Waals surface area (Å²) in [7, 11) is -3.17. The lowest BCUT2D eigenvalue weighted by Crippen LogP contribution is -2.55. The highest BCUT2D eigenvalue weighted by Crippen LogP contribution is 2.41. The van der Waals surface area contributed by atoms with Crippen molar-refractivity contribution in [2.45, 2.75) is 31.5 Å². The molecule has 0 unspecified atom stereocenters. The highest BCUT2D eigenvalue weighted by molar-refractivity contribution is 7.88. The summed E-state index contributed by atoms with van der Waals surface area (Å²) in [5.74, 6) is 0.232. The van der Waals surface area contributed by atoms with Gasteiger partial charge in [-0.15, -0.1) is 0 Å². The van der Waals surface area contributed by atoms with E-state index in [-0.39, 0.29) is 11.5 Å². The summed E-state index contributed by atoms with van der Waals surface area (Å²) in [6, 6.07) is 5.76. The zero-order valence-electron chi connectivity index (χ0n) is 13.5. The Hall–Kier alpha value is -1.02. The van der Waals surface area contributed by atoms with Crippen molar-refractivity contribution in [2.24, 2.45) is 5.92 Å². The van der Waals surface area contributed by atoms with Gasteiger partial charge in [0.2, 0.25) is 10.0 Å². The summed E-state index contributed by atoms with van der Waals surface area (Å²) in [5.41, 5.74) is 0.521. The van der Waals surface area contributed by atoms with Crippen molar-refractivity contribution in [3.8, 4) is 0 Å². The fourth-order valence-corrected chi connectivity index (χ4v) is 4.45. The van der Waals surface area contributed by atoms with Gasteiger partial charge in [0, 0.05) is 25.2 Å². The fraction of sp³-hybridized carbons (Fsp3) is 0.688. The van der Waals surface area contributed by atoms with Crippen LogP contribution in [0.3, 0.4) is 0 Å². The van der Waals surface area contributed by atoms with Crippen LogP contribution in [0.2, 0.25) is 0 Å². The van der Waals surface area contributed by atoms with Crippen LogP contribution in [-0.2, 0) is 26.1 Å². The van der Waals surface area contributed by atoms with Crippen LogP contribution in [0.4, 0.5) is 0 Å². The van der Waals surface area contributed by atoms with Crippen molar-refractivity contribution in [3.63, 3.8) is 0 Å². The van der Waals surface area contributed by atoms with Crippen LogP contribution < -0.4 is 0 Å². The molecule has 23 heavy (non-hydrogen) atoms. The summed E-state index contributed by atoms with van der Waals surface area (Å²) in [4.78, 5) is 4.25. The Bertz CT molecular complexity index is 622. The number of aromatic nitrogens is 1. The van der Waals surface area contributed by atoms with Crippen molar-refractivity contribution in [1.82, 2.24) is 9.29 Å². The molecule has 1 aliphatic carbocycles. The van der Waals surface area contributed by atoms with E-state index < -0.39 is 10.0 Å². The quantitative estimate of drug-likeness (QED) is 0.811. The number of ether oxygens (including phenoxy) is 2. The lowest BCUT2D eigenvalue weighted by Gasteiger charge is -2.43. The highest BCUT2D eigenvalue weighted by atomic mass is 32.2. The van der Waals surface area contributed by atoms with E-state index in [1.165, 1.54) is 6.26 Å². The molecule has 1 aliphatic heterocycles. The second-order valence-corrected chi connectivity index (χ2v) is 8.42. The van der Waals surface area contributed by atoms with Crippen LogP contribution in [0.15, 0.2) is 24.4 Å². The Morgan fingerprint density at radius 3 is 3.09 bits per heavy atom. The summed E-state index contributed by atoms with van der Waals surface area (Å²) in [5, 5.41) is 0. The third-order valence-corrected chi connectivity index (χ3v) is 6.08. The molecule has 3 rings (SSSR count). The van der Waals surface area contributed by atoms with E-state index in [0.717, 1.165) is 25.0 Å². The van der Waals surface area contributed by atoms with E-state index in [4.69, 9.17) is 9.47 Å². The molecular formula is C16H24N2O4S. The van der Waals surface area contributed by atoms with Gasteiger partial charge in [0.15, 0.2) is 0 Å². The summed E-state index contributed by atoms with van der Waals surface area (Å²) in [6.07, 6.45) is 5.99. The van der Waals surface area contributed by atoms with Crippen LogP contribution in [0, 0.1) is 5.92 Å². The number of morpholine rings is 1. The zero-order chi connectivity index (χ0) is 16.3. The molecule has 0 radical (unpaired) electrons. The molecule has 7 heteroatoms. The van der Waals surface area contributed by atoms with Crippen LogP contribution in [0.1, 0.15) is 25.0 Å². The van der Waals surface area contributed by atoms with Gasteiger partial charge in [-0.25, -0.2) is 8.42 Å². The number of rotatable bonds is 5. The first-order valence-corrected chi connectivity index (χ1v) is 9.91. The number of sulfonamides is 1. The van der Waals surface area contributed by atoms with Gasteiger partial charge in [0.05, 0.1) is 37.4 Å². The predicted octanol–water partition coefficient (Wildman–Crippen LogP) is 1.43. The van der Waals surface area contributed by atoms with E-state index in [1.807, 2.05) is 18.2 Å². The van der Waals surface area contributed by atoms with E-state index in [9.17, 15) is 8.42 Å². The maximum absolute atomic E-state index is 11.9. The molecule has 0 aromatic carbocycles. The number of nitrogens with zero attached hydrogens (tertiary/aromatic N) is 2. The number of hydrogen-bond donors (Lipinski definition) is 0. The minimum Gasteiger partial charge on any atom is -0.375 e. The molecule has 0 N–H and O–H groups in total.